The standard InChI is InChI=1S/C42H33N5/c1-42(2,3)30-21-23-33-32-18-10-11-20-37(32)47(38(33)26-30)31-22-24-34(35(27-31)36-19-12-13-25-43-36)41-45-39(28-14-6-4-7-15-28)44-40(46-41)29-16-8-5-9-17-29/h4-27H,1-3H3. The Balaban J connectivity index is 1.39. The van der Waals surface area contributed by atoms with Crippen molar-refractivity contribution >= 4 is 21.8 Å². The second-order valence-corrected chi connectivity index (χ2v) is 12.8. The third-order valence-electron chi connectivity index (χ3n) is 8.68. The van der Waals surface area contributed by atoms with Crippen molar-refractivity contribution in [3.63, 3.8) is 0 Å². The number of hydrogen-bond acceptors (Lipinski definition) is 4. The molecule has 0 atom stereocenters. The number of hydrogen-bond donors (Lipinski definition) is 0. The van der Waals surface area contributed by atoms with Gasteiger partial charge in [-0.1, -0.05) is 118 Å². The van der Waals surface area contributed by atoms with Gasteiger partial charge in [0, 0.05) is 44.9 Å². The quantitative estimate of drug-likeness (QED) is 0.195. The number of benzene rings is 5. The molecule has 0 saturated heterocycles. The molecule has 3 aromatic heterocycles. The van der Waals surface area contributed by atoms with Gasteiger partial charge >= 0.3 is 0 Å². The fraction of sp³-hybridized carbons (Fsp3) is 0.0952. The maximum absolute atomic E-state index is 5.06. The lowest BCUT2D eigenvalue weighted by molar-refractivity contribution is 0.591. The van der Waals surface area contributed by atoms with E-state index < -0.39 is 0 Å². The smallest absolute Gasteiger partial charge is 0.164 e. The van der Waals surface area contributed by atoms with E-state index in [1.165, 1.54) is 21.9 Å². The molecule has 8 rings (SSSR count). The summed E-state index contributed by atoms with van der Waals surface area (Å²) in [5.41, 5.74) is 9.25. The fourth-order valence-electron chi connectivity index (χ4n) is 6.24. The van der Waals surface area contributed by atoms with E-state index in [9.17, 15) is 0 Å². The number of aromatic nitrogens is 5. The summed E-state index contributed by atoms with van der Waals surface area (Å²) in [5.74, 6) is 1.85. The van der Waals surface area contributed by atoms with Crippen LogP contribution in [0.15, 0.2) is 146 Å². The third-order valence-corrected chi connectivity index (χ3v) is 8.68. The highest BCUT2D eigenvalue weighted by Crippen LogP contribution is 2.38. The van der Waals surface area contributed by atoms with Crippen LogP contribution in [0.2, 0.25) is 0 Å². The second kappa shape index (κ2) is 11.5. The molecule has 3 heterocycles. The van der Waals surface area contributed by atoms with Crippen LogP contribution in [0.25, 0.3) is 72.9 Å². The molecule has 8 aromatic rings. The summed E-state index contributed by atoms with van der Waals surface area (Å²) >= 11 is 0. The predicted octanol–water partition coefficient (Wildman–Crippen LogP) is 10.3. The van der Waals surface area contributed by atoms with Crippen LogP contribution in [0, 0.1) is 0 Å². The van der Waals surface area contributed by atoms with E-state index in [2.05, 4.69) is 86.0 Å². The highest BCUT2D eigenvalue weighted by molar-refractivity contribution is 6.09. The van der Waals surface area contributed by atoms with Gasteiger partial charge in [0.2, 0.25) is 0 Å². The summed E-state index contributed by atoms with van der Waals surface area (Å²) in [4.78, 5) is 19.8. The minimum absolute atomic E-state index is 0.0179. The van der Waals surface area contributed by atoms with Crippen molar-refractivity contribution in [1.82, 2.24) is 24.5 Å². The molecule has 5 aromatic carbocycles. The van der Waals surface area contributed by atoms with Crippen molar-refractivity contribution in [2.75, 3.05) is 0 Å². The lowest BCUT2D eigenvalue weighted by atomic mass is 9.86. The van der Waals surface area contributed by atoms with Crippen LogP contribution >= 0.6 is 0 Å². The molecular weight excluding hydrogens is 574 g/mol. The number of nitrogens with zero attached hydrogens (tertiary/aromatic N) is 5. The molecular formula is C42H33N5. The van der Waals surface area contributed by atoms with Crippen molar-refractivity contribution < 1.29 is 0 Å². The van der Waals surface area contributed by atoms with Gasteiger partial charge in [-0.15, -0.1) is 0 Å². The Kier molecular flexibility index (Phi) is 6.95. The second-order valence-electron chi connectivity index (χ2n) is 12.8. The lowest BCUT2D eigenvalue weighted by Crippen LogP contribution is -2.10. The largest absolute Gasteiger partial charge is 0.309 e. The van der Waals surface area contributed by atoms with Crippen LogP contribution in [0.4, 0.5) is 0 Å². The molecule has 0 spiro atoms. The summed E-state index contributed by atoms with van der Waals surface area (Å²) in [6.07, 6.45) is 1.83. The van der Waals surface area contributed by atoms with Gasteiger partial charge in [0.1, 0.15) is 0 Å². The van der Waals surface area contributed by atoms with Crippen LogP contribution in [0.1, 0.15) is 26.3 Å². The molecule has 5 heteroatoms. The van der Waals surface area contributed by atoms with Crippen molar-refractivity contribution in [2.24, 2.45) is 0 Å². The van der Waals surface area contributed by atoms with Crippen LogP contribution in [0.3, 0.4) is 0 Å². The zero-order chi connectivity index (χ0) is 32.0. The molecule has 0 unspecified atom stereocenters. The number of rotatable bonds is 5. The van der Waals surface area contributed by atoms with Gasteiger partial charge in [-0.3, -0.25) is 4.98 Å². The van der Waals surface area contributed by atoms with Crippen molar-refractivity contribution in [3.05, 3.63) is 151 Å². The zero-order valence-corrected chi connectivity index (χ0v) is 26.6. The van der Waals surface area contributed by atoms with Crippen LogP contribution in [-0.4, -0.2) is 24.5 Å². The summed E-state index contributed by atoms with van der Waals surface area (Å²) < 4.78 is 2.37. The minimum atomic E-state index is 0.0179. The molecule has 5 nitrogen and oxygen atoms in total. The maximum atomic E-state index is 5.06. The Morgan fingerprint density at radius 3 is 1.77 bits per heavy atom. The monoisotopic (exact) mass is 607 g/mol. The molecule has 0 fully saturated rings. The van der Waals surface area contributed by atoms with Crippen molar-refractivity contribution in [3.8, 4) is 51.1 Å². The Hall–Kier alpha value is -5.94. The first-order chi connectivity index (χ1) is 22.9. The molecule has 0 aliphatic carbocycles. The van der Waals surface area contributed by atoms with Gasteiger partial charge in [-0.2, -0.15) is 0 Å². The van der Waals surface area contributed by atoms with Gasteiger partial charge in [-0.25, -0.2) is 15.0 Å². The number of fused-ring (bicyclic) bond motifs is 3. The zero-order valence-electron chi connectivity index (χ0n) is 26.6. The first-order valence-corrected chi connectivity index (χ1v) is 15.9. The van der Waals surface area contributed by atoms with Gasteiger partial charge in [-0.05, 0) is 53.4 Å². The molecule has 0 aliphatic rings. The Bertz CT molecular complexity index is 2310. The van der Waals surface area contributed by atoms with E-state index in [4.69, 9.17) is 19.9 Å². The van der Waals surface area contributed by atoms with E-state index >= 15 is 0 Å². The van der Waals surface area contributed by atoms with E-state index in [0.29, 0.717) is 17.5 Å². The molecule has 0 N–H and O–H groups in total. The average molecular weight is 608 g/mol. The van der Waals surface area contributed by atoms with Crippen LogP contribution < -0.4 is 0 Å². The van der Waals surface area contributed by atoms with Crippen molar-refractivity contribution in [2.45, 2.75) is 26.2 Å². The van der Waals surface area contributed by atoms with Crippen molar-refractivity contribution in [1.29, 1.82) is 0 Å². The highest BCUT2D eigenvalue weighted by atomic mass is 15.0. The van der Waals surface area contributed by atoms with Crippen LogP contribution in [0.5, 0.6) is 0 Å². The first kappa shape index (κ1) is 28.5. The van der Waals surface area contributed by atoms with Gasteiger partial charge in [0.05, 0.1) is 16.7 Å². The van der Waals surface area contributed by atoms with E-state index in [1.54, 1.807) is 0 Å². The Labute approximate surface area is 274 Å². The lowest BCUT2D eigenvalue weighted by Gasteiger charge is -2.20. The maximum Gasteiger partial charge on any atom is 0.164 e. The highest BCUT2D eigenvalue weighted by Gasteiger charge is 2.21. The van der Waals surface area contributed by atoms with Gasteiger partial charge in [0.25, 0.3) is 0 Å². The fourth-order valence-corrected chi connectivity index (χ4v) is 6.24. The van der Waals surface area contributed by atoms with Crippen LogP contribution in [-0.2, 0) is 5.41 Å². The summed E-state index contributed by atoms with van der Waals surface area (Å²) in [6.45, 7) is 6.78. The minimum Gasteiger partial charge on any atom is -0.309 e. The summed E-state index contributed by atoms with van der Waals surface area (Å²) in [6, 6.07) is 48.2. The van der Waals surface area contributed by atoms with E-state index in [-0.39, 0.29) is 5.41 Å². The average Bonchev–Trinajstić information content (AvgIpc) is 3.46. The van der Waals surface area contributed by atoms with E-state index in [0.717, 1.165) is 39.2 Å². The molecule has 226 valence electrons. The third kappa shape index (κ3) is 5.26. The molecule has 47 heavy (non-hydrogen) atoms. The molecule has 0 amide bonds. The van der Waals surface area contributed by atoms with Gasteiger partial charge in [0.15, 0.2) is 17.5 Å². The van der Waals surface area contributed by atoms with E-state index in [1.807, 2.05) is 85.1 Å². The van der Waals surface area contributed by atoms with Gasteiger partial charge < -0.3 is 4.57 Å². The number of para-hydroxylation sites is 1. The Morgan fingerprint density at radius 1 is 0.489 bits per heavy atom. The molecule has 0 aliphatic heterocycles. The predicted molar refractivity (Wildman–Crippen MR) is 192 cm³/mol. The normalized spacial score (nSPS) is 11.7. The topological polar surface area (TPSA) is 56.5 Å². The molecule has 0 radical (unpaired) electrons. The summed E-state index contributed by atoms with van der Waals surface area (Å²) in [5, 5.41) is 2.46. The first-order valence-electron chi connectivity index (χ1n) is 15.9. The summed E-state index contributed by atoms with van der Waals surface area (Å²) in [7, 11) is 0. The number of pyridine rings is 1. The SMILES string of the molecule is CC(C)(C)c1ccc2c3ccccc3n(-c3ccc(-c4nc(-c5ccccc5)nc(-c5ccccc5)n4)c(-c4ccccn4)c3)c2c1. The molecule has 0 bridgehead atoms. The molecule has 0 saturated carbocycles. The Morgan fingerprint density at radius 2 is 1.11 bits per heavy atom.